The standard InChI is InChI=1S/C12H21NO4/c1-12(2,17)7-13-10(14)8-5-3-4-6-9(8)11(15)16/h8-9,17H,3-7H2,1-2H3,(H,13,14)(H,15,16)/t8-,9+/m1/s1. The summed E-state index contributed by atoms with van der Waals surface area (Å²) in [6, 6.07) is 0. The third-order valence-electron chi connectivity index (χ3n) is 3.12. The van der Waals surface area contributed by atoms with Gasteiger partial charge >= 0.3 is 5.97 Å². The molecular formula is C12H21NO4. The molecule has 1 fully saturated rings. The Hall–Kier alpha value is -1.10. The largest absolute Gasteiger partial charge is 0.481 e. The summed E-state index contributed by atoms with van der Waals surface area (Å²) in [5.74, 6) is -2.18. The number of carboxylic acids is 1. The van der Waals surface area contributed by atoms with E-state index in [4.69, 9.17) is 5.11 Å². The maximum Gasteiger partial charge on any atom is 0.307 e. The number of hydrogen-bond acceptors (Lipinski definition) is 3. The van der Waals surface area contributed by atoms with Crippen LogP contribution in [0.3, 0.4) is 0 Å². The number of rotatable bonds is 4. The monoisotopic (exact) mass is 243 g/mol. The van der Waals surface area contributed by atoms with Crippen molar-refractivity contribution >= 4 is 11.9 Å². The van der Waals surface area contributed by atoms with E-state index in [2.05, 4.69) is 5.32 Å². The second-order valence-electron chi connectivity index (χ2n) is 5.37. The van der Waals surface area contributed by atoms with Crippen molar-refractivity contribution in [1.82, 2.24) is 5.32 Å². The van der Waals surface area contributed by atoms with Gasteiger partial charge in [0.15, 0.2) is 0 Å². The van der Waals surface area contributed by atoms with Crippen molar-refractivity contribution in [3.05, 3.63) is 0 Å². The molecule has 1 saturated carbocycles. The van der Waals surface area contributed by atoms with Gasteiger partial charge in [-0.3, -0.25) is 9.59 Å². The van der Waals surface area contributed by atoms with Gasteiger partial charge in [0.2, 0.25) is 5.91 Å². The second kappa shape index (κ2) is 5.49. The molecule has 0 saturated heterocycles. The number of carbonyl (C=O) groups excluding carboxylic acids is 1. The summed E-state index contributed by atoms with van der Waals surface area (Å²) in [6.07, 6.45) is 2.95. The average Bonchev–Trinajstić information content (AvgIpc) is 2.25. The molecule has 2 atom stereocenters. The SMILES string of the molecule is CC(C)(O)CNC(=O)[C@@H]1CCCC[C@@H]1C(=O)O. The molecule has 5 nitrogen and oxygen atoms in total. The number of hydrogen-bond donors (Lipinski definition) is 3. The van der Waals surface area contributed by atoms with E-state index in [0.29, 0.717) is 12.8 Å². The molecule has 0 bridgehead atoms. The zero-order valence-corrected chi connectivity index (χ0v) is 10.4. The highest BCUT2D eigenvalue weighted by atomic mass is 16.4. The van der Waals surface area contributed by atoms with Crippen molar-refractivity contribution in [3.8, 4) is 0 Å². The number of carbonyl (C=O) groups is 2. The van der Waals surface area contributed by atoms with Gasteiger partial charge in [0.25, 0.3) is 0 Å². The van der Waals surface area contributed by atoms with E-state index in [1.165, 1.54) is 0 Å². The molecule has 1 aliphatic rings. The minimum absolute atomic E-state index is 0.147. The predicted octanol–water partition coefficient (Wildman–Crippen LogP) is 0.764. The first-order valence-corrected chi connectivity index (χ1v) is 6.04. The first kappa shape index (κ1) is 14.0. The molecular weight excluding hydrogens is 222 g/mol. The van der Waals surface area contributed by atoms with Crippen LogP contribution in [-0.4, -0.2) is 34.2 Å². The van der Waals surface area contributed by atoms with Crippen molar-refractivity contribution in [2.24, 2.45) is 11.8 Å². The topological polar surface area (TPSA) is 86.6 Å². The van der Waals surface area contributed by atoms with Gasteiger partial charge in [-0.25, -0.2) is 0 Å². The van der Waals surface area contributed by atoms with Gasteiger partial charge in [-0.2, -0.15) is 0 Å². The summed E-state index contributed by atoms with van der Waals surface area (Å²) in [5, 5.41) is 21.2. The van der Waals surface area contributed by atoms with Crippen LogP contribution in [0, 0.1) is 11.8 Å². The summed E-state index contributed by atoms with van der Waals surface area (Å²) in [7, 11) is 0. The Morgan fingerprint density at radius 1 is 1.24 bits per heavy atom. The molecule has 0 heterocycles. The summed E-state index contributed by atoms with van der Waals surface area (Å²) in [6.45, 7) is 3.35. The van der Waals surface area contributed by atoms with E-state index in [0.717, 1.165) is 12.8 Å². The lowest BCUT2D eigenvalue weighted by molar-refractivity contribution is -0.149. The van der Waals surface area contributed by atoms with Crippen LogP contribution < -0.4 is 5.32 Å². The van der Waals surface area contributed by atoms with E-state index >= 15 is 0 Å². The van der Waals surface area contributed by atoms with Gasteiger partial charge in [0.1, 0.15) is 0 Å². The van der Waals surface area contributed by atoms with Gasteiger partial charge in [-0.15, -0.1) is 0 Å². The maximum atomic E-state index is 11.9. The van der Waals surface area contributed by atoms with Crippen LogP contribution in [0.1, 0.15) is 39.5 Å². The summed E-state index contributed by atoms with van der Waals surface area (Å²) < 4.78 is 0. The van der Waals surface area contributed by atoms with Crippen LogP contribution in [0.15, 0.2) is 0 Å². The molecule has 5 heteroatoms. The minimum Gasteiger partial charge on any atom is -0.481 e. The molecule has 0 unspecified atom stereocenters. The van der Waals surface area contributed by atoms with Gasteiger partial charge < -0.3 is 15.5 Å². The van der Waals surface area contributed by atoms with E-state index in [9.17, 15) is 14.7 Å². The Morgan fingerprint density at radius 2 is 1.76 bits per heavy atom. The van der Waals surface area contributed by atoms with Crippen LogP contribution in [-0.2, 0) is 9.59 Å². The van der Waals surface area contributed by atoms with E-state index in [1.54, 1.807) is 13.8 Å². The summed E-state index contributed by atoms with van der Waals surface area (Å²) in [4.78, 5) is 22.9. The van der Waals surface area contributed by atoms with Crippen LogP contribution in [0.4, 0.5) is 0 Å². The Kier molecular flexibility index (Phi) is 4.51. The molecule has 3 N–H and O–H groups in total. The highest BCUT2D eigenvalue weighted by Gasteiger charge is 2.35. The molecule has 98 valence electrons. The zero-order chi connectivity index (χ0) is 13.1. The zero-order valence-electron chi connectivity index (χ0n) is 10.4. The molecule has 0 aliphatic heterocycles. The maximum absolute atomic E-state index is 11.9. The first-order valence-electron chi connectivity index (χ1n) is 6.04. The number of carboxylic acid groups (broad SMARTS) is 1. The van der Waals surface area contributed by atoms with Crippen LogP contribution in [0.25, 0.3) is 0 Å². The van der Waals surface area contributed by atoms with Crippen molar-refractivity contribution < 1.29 is 19.8 Å². The minimum atomic E-state index is -0.969. The molecule has 0 aromatic rings. The van der Waals surface area contributed by atoms with Crippen molar-refractivity contribution in [2.75, 3.05) is 6.54 Å². The van der Waals surface area contributed by atoms with Crippen molar-refractivity contribution in [3.63, 3.8) is 0 Å². The number of nitrogens with one attached hydrogen (secondary N) is 1. The van der Waals surface area contributed by atoms with Crippen LogP contribution in [0.5, 0.6) is 0 Å². The number of amides is 1. The fourth-order valence-electron chi connectivity index (χ4n) is 2.17. The lowest BCUT2D eigenvalue weighted by atomic mass is 9.78. The summed E-state index contributed by atoms with van der Waals surface area (Å²) in [5.41, 5.74) is -0.969. The Morgan fingerprint density at radius 3 is 2.24 bits per heavy atom. The van der Waals surface area contributed by atoms with Crippen LogP contribution in [0.2, 0.25) is 0 Å². The van der Waals surface area contributed by atoms with Gasteiger partial charge in [-0.1, -0.05) is 12.8 Å². The van der Waals surface area contributed by atoms with E-state index in [-0.39, 0.29) is 12.5 Å². The Balaban J connectivity index is 2.56. The smallest absolute Gasteiger partial charge is 0.307 e. The Labute approximate surface area is 101 Å². The third-order valence-corrected chi connectivity index (χ3v) is 3.12. The van der Waals surface area contributed by atoms with Crippen LogP contribution >= 0.6 is 0 Å². The highest BCUT2D eigenvalue weighted by molar-refractivity contribution is 5.84. The molecule has 1 rings (SSSR count). The third kappa shape index (κ3) is 4.34. The normalized spacial score (nSPS) is 25.4. The van der Waals surface area contributed by atoms with Crippen molar-refractivity contribution in [1.29, 1.82) is 0 Å². The molecule has 0 radical (unpaired) electrons. The quantitative estimate of drug-likeness (QED) is 0.680. The predicted molar refractivity (Wildman–Crippen MR) is 62.4 cm³/mol. The van der Waals surface area contributed by atoms with Gasteiger partial charge in [-0.05, 0) is 26.7 Å². The van der Waals surface area contributed by atoms with Crippen molar-refractivity contribution in [2.45, 2.75) is 45.1 Å². The fraction of sp³-hybridized carbons (Fsp3) is 0.833. The van der Waals surface area contributed by atoms with Gasteiger partial charge in [0, 0.05) is 6.54 Å². The summed E-state index contributed by atoms with van der Waals surface area (Å²) >= 11 is 0. The molecule has 0 aromatic carbocycles. The average molecular weight is 243 g/mol. The second-order valence-corrected chi connectivity index (χ2v) is 5.37. The first-order chi connectivity index (χ1) is 7.81. The lowest BCUT2D eigenvalue weighted by Crippen LogP contribution is -2.44. The molecule has 0 aromatic heterocycles. The molecule has 0 spiro atoms. The van der Waals surface area contributed by atoms with Gasteiger partial charge in [0.05, 0.1) is 17.4 Å². The molecule has 1 aliphatic carbocycles. The number of aliphatic hydroxyl groups is 1. The fourth-order valence-corrected chi connectivity index (χ4v) is 2.17. The molecule has 17 heavy (non-hydrogen) atoms. The molecule has 1 amide bonds. The number of aliphatic carboxylic acids is 1. The Bertz CT molecular complexity index is 295. The van der Waals surface area contributed by atoms with E-state index in [1.807, 2.05) is 0 Å². The highest BCUT2D eigenvalue weighted by Crippen LogP contribution is 2.30. The lowest BCUT2D eigenvalue weighted by Gasteiger charge is -2.28. The van der Waals surface area contributed by atoms with E-state index < -0.39 is 23.4 Å².